The molecule has 1 amide bonds. The summed E-state index contributed by atoms with van der Waals surface area (Å²) in [7, 11) is 0. The lowest BCUT2D eigenvalue weighted by atomic mass is 10.2. The molecule has 3 rings (SSSR count). The van der Waals surface area contributed by atoms with Crippen molar-refractivity contribution in [2.24, 2.45) is 0 Å². The van der Waals surface area contributed by atoms with Crippen LogP contribution in [0.3, 0.4) is 0 Å². The van der Waals surface area contributed by atoms with Crippen LogP contribution in [0.15, 0.2) is 54.6 Å². The van der Waals surface area contributed by atoms with E-state index in [0.29, 0.717) is 22.4 Å². The molecule has 0 radical (unpaired) electrons. The van der Waals surface area contributed by atoms with Crippen molar-refractivity contribution in [3.63, 3.8) is 0 Å². The van der Waals surface area contributed by atoms with Crippen molar-refractivity contribution < 1.29 is 4.79 Å². The van der Waals surface area contributed by atoms with Crippen LogP contribution < -0.4 is 10.6 Å². The average molecular weight is 353 g/mol. The van der Waals surface area contributed by atoms with Crippen molar-refractivity contribution in [3.8, 4) is 0 Å². The predicted molar refractivity (Wildman–Crippen MR) is 101 cm³/mol. The fourth-order valence-electron chi connectivity index (χ4n) is 2.34. The Morgan fingerprint density at radius 2 is 1.80 bits per heavy atom. The number of benzene rings is 2. The van der Waals surface area contributed by atoms with E-state index in [-0.39, 0.29) is 11.6 Å². The van der Waals surface area contributed by atoms with Gasteiger partial charge in [-0.3, -0.25) is 4.79 Å². The van der Waals surface area contributed by atoms with E-state index in [0.717, 1.165) is 11.3 Å². The third-order valence-electron chi connectivity index (χ3n) is 3.48. The monoisotopic (exact) mass is 352 g/mol. The van der Waals surface area contributed by atoms with E-state index >= 15 is 0 Å². The Balaban J connectivity index is 1.83. The Bertz CT molecular complexity index is 927. The van der Waals surface area contributed by atoms with Gasteiger partial charge in [-0.05, 0) is 49.7 Å². The minimum Gasteiger partial charge on any atom is -0.323 e. The second-order valence-corrected chi connectivity index (χ2v) is 6.05. The molecule has 0 saturated heterocycles. The summed E-state index contributed by atoms with van der Waals surface area (Å²) in [5.74, 6) is 0.0285. The fraction of sp³-hybridized carbons (Fsp3) is 0.105. The number of carbonyl (C=O) groups excluding carboxylic acids is 1. The Morgan fingerprint density at radius 3 is 2.56 bits per heavy atom. The standard InChI is InChI=1S/C19H17ClN4O/c1-12-6-5-7-14(10-12)22-18(25)17-11-13(2)21-19(24-17)23-16-9-4-3-8-15(16)20/h3-11H,1-2H3,(H,22,25)(H,21,23,24). The molecule has 2 aromatic carbocycles. The first-order chi connectivity index (χ1) is 12.0. The quantitative estimate of drug-likeness (QED) is 0.711. The normalized spacial score (nSPS) is 10.4. The highest BCUT2D eigenvalue weighted by molar-refractivity contribution is 6.33. The van der Waals surface area contributed by atoms with Crippen LogP contribution in [0.2, 0.25) is 5.02 Å². The number of halogens is 1. The van der Waals surface area contributed by atoms with Crippen LogP contribution in [-0.4, -0.2) is 15.9 Å². The minimum absolute atomic E-state index is 0.281. The molecule has 0 spiro atoms. The van der Waals surface area contributed by atoms with Gasteiger partial charge < -0.3 is 10.6 Å². The smallest absolute Gasteiger partial charge is 0.274 e. The number of rotatable bonds is 4. The molecular weight excluding hydrogens is 336 g/mol. The topological polar surface area (TPSA) is 66.9 Å². The molecule has 0 bridgehead atoms. The molecule has 1 aromatic heterocycles. The molecule has 25 heavy (non-hydrogen) atoms. The van der Waals surface area contributed by atoms with Crippen LogP contribution >= 0.6 is 11.6 Å². The number of aryl methyl sites for hydroxylation is 2. The summed E-state index contributed by atoms with van der Waals surface area (Å²) >= 11 is 6.14. The summed E-state index contributed by atoms with van der Waals surface area (Å²) in [4.78, 5) is 21.1. The molecule has 0 aliphatic rings. The maximum Gasteiger partial charge on any atom is 0.274 e. The molecule has 0 saturated carbocycles. The van der Waals surface area contributed by atoms with E-state index in [1.807, 2.05) is 56.3 Å². The molecular formula is C19H17ClN4O. The number of nitrogens with one attached hydrogen (secondary N) is 2. The van der Waals surface area contributed by atoms with Crippen molar-refractivity contribution in [1.82, 2.24) is 9.97 Å². The SMILES string of the molecule is Cc1cccc(NC(=O)c2cc(C)nc(Nc3ccccc3Cl)n2)c1. The van der Waals surface area contributed by atoms with E-state index in [1.165, 1.54) is 0 Å². The predicted octanol–water partition coefficient (Wildman–Crippen LogP) is 4.74. The van der Waals surface area contributed by atoms with Crippen molar-refractivity contribution >= 4 is 34.8 Å². The molecule has 1 heterocycles. The van der Waals surface area contributed by atoms with Crippen LogP contribution in [-0.2, 0) is 0 Å². The highest BCUT2D eigenvalue weighted by atomic mass is 35.5. The van der Waals surface area contributed by atoms with E-state index in [2.05, 4.69) is 20.6 Å². The van der Waals surface area contributed by atoms with Crippen LogP contribution in [0.5, 0.6) is 0 Å². The summed E-state index contributed by atoms with van der Waals surface area (Å²) in [5, 5.41) is 6.45. The number of nitrogens with zero attached hydrogens (tertiary/aromatic N) is 2. The zero-order valence-corrected chi connectivity index (χ0v) is 14.6. The molecule has 0 atom stereocenters. The number of anilines is 3. The molecule has 0 aliphatic heterocycles. The van der Waals surface area contributed by atoms with Gasteiger partial charge in [0.25, 0.3) is 5.91 Å². The lowest BCUT2D eigenvalue weighted by Crippen LogP contribution is -2.15. The maximum atomic E-state index is 12.5. The van der Waals surface area contributed by atoms with Gasteiger partial charge in [0, 0.05) is 11.4 Å². The van der Waals surface area contributed by atoms with E-state index in [4.69, 9.17) is 11.6 Å². The first-order valence-electron chi connectivity index (χ1n) is 7.76. The third kappa shape index (κ3) is 4.33. The third-order valence-corrected chi connectivity index (χ3v) is 3.81. The molecule has 0 unspecified atom stereocenters. The zero-order valence-electron chi connectivity index (χ0n) is 13.9. The van der Waals surface area contributed by atoms with Gasteiger partial charge in [0.1, 0.15) is 5.69 Å². The summed E-state index contributed by atoms with van der Waals surface area (Å²) in [5.41, 5.74) is 3.43. The first kappa shape index (κ1) is 16.9. The minimum atomic E-state index is -0.293. The maximum absolute atomic E-state index is 12.5. The highest BCUT2D eigenvalue weighted by Gasteiger charge is 2.12. The molecule has 126 valence electrons. The first-order valence-corrected chi connectivity index (χ1v) is 8.14. The molecule has 2 N–H and O–H groups in total. The lowest BCUT2D eigenvalue weighted by molar-refractivity contribution is 0.102. The van der Waals surface area contributed by atoms with Gasteiger partial charge in [-0.1, -0.05) is 35.9 Å². The van der Waals surface area contributed by atoms with Crippen LogP contribution in [0.25, 0.3) is 0 Å². The summed E-state index contributed by atoms with van der Waals surface area (Å²) in [6.07, 6.45) is 0. The Morgan fingerprint density at radius 1 is 1.00 bits per heavy atom. The van der Waals surface area contributed by atoms with Crippen molar-refractivity contribution in [2.75, 3.05) is 10.6 Å². The van der Waals surface area contributed by atoms with Gasteiger partial charge in [-0.15, -0.1) is 0 Å². The van der Waals surface area contributed by atoms with Crippen molar-refractivity contribution in [3.05, 3.63) is 76.6 Å². The number of carbonyl (C=O) groups is 1. The largest absolute Gasteiger partial charge is 0.323 e. The van der Waals surface area contributed by atoms with Crippen molar-refractivity contribution in [2.45, 2.75) is 13.8 Å². The summed E-state index contributed by atoms with van der Waals surface area (Å²) in [6, 6.07) is 16.5. The average Bonchev–Trinajstić information content (AvgIpc) is 2.56. The van der Waals surface area contributed by atoms with E-state index in [1.54, 1.807) is 12.1 Å². The van der Waals surface area contributed by atoms with Crippen LogP contribution in [0, 0.1) is 13.8 Å². The van der Waals surface area contributed by atoms with Gasteiger partial charge >= 0.3 is 0 Å². The molecule has 0 aliphatic carbocycles. The Hall–Kier alpha value is -2.92. The van der Waals surface area contributed by atoms with Crippen LogP contribution in [0.1, 0.15) is 21.7 Å². The van der Waals surface area contributed by atoms with Crippen molar-refractivity contribution in [1.29, 1.82) is 0 Å². The summed E-state index contributed by atoms with van der Waals surface area (Å²) in [6.45, 7) is 3.78. The number of aromatic nitrogens is 2. The van der Waals surface area contributed by atoms with Gasteiger partial charge in [0.15, 0.2) is 0 Å². The molecule has 3 aromatic rings. The van der Waals surface area contributed by atoms with Gasteiger partial charge in [-0.25, -0.2) is 9.97 Å². The van der Waals surface area contributed by atoms with E-state index < -0.39 is 0 Å². The van der Waals surface area contributed by atoms with E-state index in [9.17, 15) is 4.79 Å². The molecule has 6 heteroatoms. The Kier molecular flexibility index (Phi) is 4.95. The zero-order chi connectivity index (χ0) is 17.8. The number of hydrogen-bond donors (Lipinski definition) is 2. The number of para-hydroxylation sites is 1. The highest BCUT2D eigenvalue weighted by Crippen LogP contribution is 2.23. The van der Waals surface area contributed by atoms with Gasteiger partial charge in [-0.2, -0.15) is 0 Å². The van der Waals surface area contributed by atoms with Gasteiger partial charge in [0.05, 0.1) is 10.7 Å². The van der Waals surface area contributed by atoms with Crippen LogP contribution in [0.4, 0.5) is 17.3 Å². The second-order valence-electron chi connectivity index (χ2n) is 5.65. The lowest BCUT2D eigenvalue weighted by Gasteiger charge is -2.10. The number of amides is 1. The molecule has 5 nitrogen and oxygen atoms in total. The molecule has 0 fully saturated rings. The van der Waals surface area contributed by atoms with Gasteiger partial charge in [0.2, 0.25) is 5.95 Å². The Labute approximate surface area is 151 Å². The second kappa shape index (κ2) is 7.32. The summed E-state index contributed by atoms with van der Waals surface area (Å²) < 4.78 is 0. The number of hydrogen-bond acceptors (Lipinski definition) is 4. The fourth-order valence-corrected chi connectivity index (χ4v) is 2.52.